The fourth-order valence-corrected chi connectivity index (χ4v) is 4.17. The van der Waals surface area contributed by atoms with Crippen LogP contribution in [-0.4, -0.2) is 66.9 Å². The van der Waals surface area contributed by atoms with Gasteiger partial charge >= 0.3 is 6.09 Å². The molecule has 1 saturated heterocycles. The number of methoxy groups -OCH3 is 1. The molecule has 1 N–H and O–H groups in total. The predicted molar refractivity (Wildman–Crippen MR) is 105 cm³/mol. The molecule has 2 aliphatic rings. The Hall–Kier alpha value is -2.30. The average molecular weight is 387 g/mol. The van der Waals surface area contributed by atoms with E-state index in [0.29, 0.717) is 44.1 Å². The van der Waals surface area contributed by atoms with Crippen molar-refractivity contribution in [3.63, 3.8) is 0 Å². The van der Waals surface area contributed by atoms with E-state index in [4.69, 9.17) is 9.47 Å². The Labute approximate surface area is 166 Å². The van der Waals surface area contributed by atoms with Gasteiger partial charge in [-0.25, -0.2) is 4.79 Å². The Morgan fingerprint density at radius 1 is 1.39 bits per heavy atom. The molecule has 1 amide bonds. The second-order valence-electron chi connectivity index (χ2n) is 8.59. The minimum absolute atomic E-state index is 0.0719. The monoisotopic (exact) mass is 387 g/mol. The molecular formula is C21H29N3O4. The van der Waals surface area contributed by atoms with Crippen LogP contribution in [0.2, 0.25) is 0 Å². The van der Waals surface area contributed by atoms with Gasteiger partial charge < -0.3 is 19.5 Å². The zero-order valence-corrected chi connectivity index (χ0v) is 17.1. The lowest BCUT2D eigenvalue weighted by atomic mass is 9.84. The van der Waals surface area contributed by atoms with Crippen molar-refractivity contribution in [1.29, 1.82) is 5.26 Å². The van der Waals surface area contributed by atoms with Gasteiger partial charge in [0.15, 0.2) is 0 Å². The van der Waals surface area contributed by atoms with Crippen molar-refractivity contribution in [2.75, 3.05) is 39.9 Å². The number of piperazine rings is 1. The minimum atomic E-state index is -0.854. The van der Waals surface area contributed by atoms with Crippen LogP contribution in [0, 0.1) is 16.7 Å². The largest absolute Gasteiger partial charge is 0.495 e. The third kappa shape index (κ3) is 4.08. The number of ether oxygens (including phenoxy) is 2. The standard InChI is InChI=1S/C21H29N3O4/c1-21(2,3)19-13-23(6-7-24(19)20(25)26)12-18-16-10-17(27-4)15(11-22)9-14(16)5-8-28-18/h9-10,18-19H,5-8,12-13H2,1-4H3,(H,25,26). The first-order valence-electron chi connectivity index (χ1n) is 9.69. The quantitative estimate of drug-likeness (QED) is 0.858. The first-order chi connectivity index (χ1) is 13.2. The van der Waals surface area contributed by atoms with Crippen molar-refractivity contribution >= 4 is 6.09 Å². The third-order valence-electron chi connectivity index (χ3n) is 5.75. The number of carboxylic acid groups (broad SMARTS) is 1. The van der Waals surface area contributed by atoms with Gasteiger partial charge in [0.05, 0.1) is 31.4 Å². The fraction of sp³-hybridized carbons (Fsp3) is 0.619. The summed E-state index contributed by atoms with van der Waals surface area (Å²) in [6.45, 7) is 9.41. The Morgan fingerprint density at radius 3 is 2.75 bits per heavy atom. The average Bonchev–Trinajstić information content (AvgIpc) is 2.66. The lowest BCUT2D eigenvalue weighted by Gasteiger charge is -2.46. The van der Waals surface area contributed by atoms with E-state index in [1.807, 2.05) is 12.1 Å². The maximum Gasteiger partial charge on any atom is 0.407 e. The van der Waals surface area contributed by atoms with Gasteiger partial charge in [0.25, 0.3) is 0 Å². The normalized spacial score (nSPS) is 23.0. The Bertz CT molecular complexity index is 781. The van der Waals surface area contributed by atoms with Crippen LogP contribution in [0.1, 0.15) is 43.6 Å². The molecule has 7 nitrogen and oxygen atoms in total. The summed E-state index contributed by atoms with van der Waals surface area (Å²) in [5.74, 6) is 0.569. The first kappa shape index (κ1) is 20.4. The van der Waals surface area contributed by atoms with E-state index in [1.54, 1.807) is 12.0 Å². The molecule has 1 aromatic rings. The summed E-state index contributed by atoms with van der Waals surface area (Å²) in [5.41, 5.74) is 2.60. The third-order valence-corrected chi connectivity index (χ3v) is 5.75. The zero-order valence-electron chi connectivity index (χ0n) is 17.1. The van der Waals surface area contributed by atoms with Gasteiger partial charge in [-0.1, -0.05) is 20.8 Å². The van der Waals surface area contributed by atoms with E-state index in [1.165, 1.54) is 0 Å². The maximum atomic E-state index is 11.6. The molecule has 7 heteroatoms. The Morgan fingerprint density at radius 2 is 2.14 bits per heavy atom. The Balaban J connectivity index is 1.80. The molecule has 0 saturated carbocycles. The van der Waals surface area contributed by atoms with Crippen molar-refractivity contribution in [2.45, 2.75) is 39.3 Å². The topological polar surface area (TPSA) is 86.0 Å². The molecule has 0 bridgehead atoms. The minimum Gasteiger partial charge on any atom is -0.495 e. The van der Waals surface area contributed by atoms with Crippen molar-refractivity contribution in [2.24, 2.45) is 5.41 Å². The highest BCUT2D eigenvalue weighted by atomic mass is 16.5. The summed E-state index contributed by atoms with van der Waals surface area (Å²) in [6.07, 6.45) is -0.183. The number of fused-ring (bicyclic) bond motifs is 1. The molecule has 2 heterocycles. The molecular weight excluding hydrogens is 358 g/mol. The lowest BCUT2D eigenvalue weighted by molar-refractivity contribution is -0.0210. The molecule has 0 aromatic heterocycles. The SMILES string of the molecule is COc1cc2c(cc1C#N)CCOC2CN1CCN(C(=O)O)C(C(C)(C)C)C1. The molecule has 1 aromatic carbocycles. The van der Waals surface area contributed by atoms with E-state index in [9.17, 15) is 15.2 Å². The number of hydrogen-bond acceptors (Lipinski definition) is 5. The van der Waals surface area contributed by atoms with Crippen molar-refractivity contribution < 1.29 is 19.4 Å². The number of carbonyl (C=O) groups is 1. The first-order valence-corrected chi connectivity index (χ1v) is 9.69. The number of rotatable bonds is 3. The van der Waals surface area contributed by atoms with Crippen LogP contribution >= 0.6 is 0 Å². The van der Waals surface area contributed by atoms with Crippen LogP contribution < -0.4 is 4.74 Å². The molecule has 2 unspecified atom stereocenters. The number of amides is 1. The lowest BCUT2D eigenvalue weighted by Crippen LogP contribution is -2.59. The van der Waals surface area contributed by atoms with E-state index in [2.05, 4.69) is 31.7 Å². The molecule has 2 atom stereocenters. The van der Waals surface area contributed by atoms with Crippen LogP contribution in [0.3, 0.4) is 0 Å². The molecule has 2 aliphatic heterocycles. The summed E-state index contributed by atoms with van der Waals surface area (Å²) in [4.78, 5) is 15.5. The number of benzene rings is 1. The van der Waals surface area contributed by atoms with Gasteiger partial charge in [0.2, 0.25) is 0 Å². The second kappa shape index (κ2) is 7.98. The van der Waals surface area contributed by atoms with Gasteiger partial charge in [-0.05, 0) is 35.1 Å². The molecule has 28 heavy (non-hydrogen) atoms. The zero-order chi connectivity index (χ0) is 20.5. The fourth-order valence-electron chi connectivity index (χ4n) is 4.17. The summed E-state index contributed by atoms with van der Waals surface area (Å²) in [7, 11) is 1.57. The summed E-state index contributed by atoms with van der Waals surface area (Å²) in [6, 6.07) is 5.95. The van der Waals surface area contributed by atoms with Crippen LogP contribution in [-0.2, 0) is 11.2 Å². The van der Waals surface area contributed by atoms with Gasteiger partial charge in [-0.2, -0.15) is 5.26 Å². The van der Waals surface area contributed by atoms with Gasteiger partial charge in [0.1, 0.15) is 11.8 Å². The highest BCUT2D eigenvalue weighted by Gasteiger charge is 2.39. The van der Waals surface area contributed by atoms with E-state index >= 15 is 0 Å². The molecule has 0 radical (unpaired) electrons. The maximum absolute atomic E-state index is 11.6. The highest BCUT2D eigenvalue weighted by molar-refractivity contribution is 5.65. The van der Waals surface area contributed by atoms with Crippen LogP contribution in [0.15, 0.2) is 12.1 Å². The van der Waals surface area contributed by atoms with Gasteiger partial charge in [-0.15, -0.1) is 0 Å². The number of nitriles is 1. The smallest absolute Gasteiger partial charge is 0.407 e. The van der Waals surface area contributed by atoms with E-state index in [-0.39, 0.29) is 17.6 Å². The molecule has 0 aliphatic carbocycles. The number of nitrogens with zero attached hydrogens (tertiary/aromatic N) is 3. The van der Waals surface area contributed by atoms with Crippen LogP contribution in [0.4, 0.5) is 4.79 Å². The van der Waals surface area contributed by atoms with Gasteiger partial charge in [0, 0.05) is 26.2 Å². The summed E-state index contributed by atoms with van der Waals surface area (Å²) < 4.78 is 11.4. The van der Waals surface area contributed by atoms with Crippen molar-refractivity contribution in [3.8, 4) is 11.8 Å². The number of hydrogen-bond donors (Lipinski definition) is 1. The van der Waals surface area contributed by atoms with Crippen LogP contribution in [0.25, 0.3) is 0 Å². The van der Waals surface area contributed by atoms with Gasteiger partial charge in [-0.3, -0.25) is 4.90 Å². The van der Waals surface area contributed by atoms with E-state index < -0.39 is 6.09 Å². The van der Waals surface area contributed by atoms with Crippen molar-refractivity contribution in [1.82, 2.24) is 9.80 Å². The molecule has 152 valence electrons. The molecule has 3 rings (SSSR count). The summed E-state index contributed by atoms with van der Waals surface area (Å²) in [5, 5.41) is 18.9. The Kier molecular flexibility index (Phi) is 5.82. The summed E-state index contributed by atoms with van der Waals surface area (Å²) >= 11 is 0. The molecule has 0 spiro atoms. The van der Waals surface area contributed by atoms with E-state index in [0.717, 1.165) is 17.5 Å². The second-order valence-corrected chi connectivity index (χ2v) is 8.59. The predicted octanol–water partition coefficient (Wildman–Crippen LogP) is 2.89. The van der Waals surface area contributed by atoms with Crippen molar-refractivity contribution in [3.05, 3.63) is 28.8 Å². The highest BCUT2D eigenvalue weighted by Crippen LogP contribution is 2.34. The van der Waals surface area contributed by atoms with Crippen LogP contribution in [0.5, 0.6) is 5.75 Å². The molecule has 1 fully saturated rings.